The van der Waals surface area contributed by atoms with E-state index >= 15 is 0 Å². The highest BCUT2D eigenvalue weighted by Crippen LogP contribution is 2.27. The third-order valence-electron chi connectivity index (χ3n) is 2.97. The van der Waals surface area contributed by atoms with Crippen LogP contribution in [-0.4, -0.2) is 9.97 Å². The Labute approximate surface area is 107 Å². The minimum absolute atomic E-state index is 0.422. The Bertz CT molecular complexity index is 515. The predicted octanol–water partition coefficient (Wildman–Crippen LogP) is 2.93. The Kier molecular flexibility index (Phi) is 3.77. The summed E-state index contributed by atoms with van der Waals surface area (Å²) in [7, 11) is 0. The number of aryl methyl sites for hydroxylation is 2. The molecule has 4 heteroatoms. The molecule has 0 unspecified atom stereocenters. The molecule has 2 rings (SSSR count). The summed E-state index contributed by atoms with van der Waals surface area (Å²) in [5.74, 6) is 1.04. The average molecular weight is 242 g/mol. The van der Waals surface area contributed by atoms with Crippen molar-refractivity contribution < 1.29 is 0 Å². The minimum atomic E-state index is 0.422. The molecule has 18 heavy (non-hydrogen) atoms. The fourth-order valence-electron chi connectivity index (χ4n) is 1.97. The molecule has 94 valence electrons. The first-order valence-corrected chi connectivity index (χ1v) is 6.20. The lowest BCUT2D eigenvalue weighted by atomic mass is 10.0. The molecule has 0 atom stereocenters. The zero-order valence-electron chi connectivity index (χ0n) is 10.8. The van der Waals surface area contributed by atoms with Crippen LogP contribution in [0, 0.1) is 0 Å². The van der Waals surface area contributed by atoms with Gasteiger partial charge < -0.3 is 11.1 Å². The van der Waals surface area contributed by atoms with Crippen LogP contribution in [0.1, 0.15) is 25.0 Å². The first-order valence-electron chi connectivity index (χ1n) is 6.20. The summed E-state index contributed by atoms with van der Waals surface area (Å²) < 4.78 is 0. The number of nitrogens with two attached hydrogens (primary N) is 1. The van der Waals surface area contributed by atoms with Gasteiger partial charge in [0.15, 0.2) is 11.6 Å². The van der Waals surface area contributed by atoms with Gasteiger partial charge in [-0.25, -0.2) is 9.97 Å². The third-order valence-corrected chi connectivity index (χ3v) is 2.97. The topological polar surface area (TPSA) is 63.8 Å². The molecule has 0 aliphatic rings. The van der Waals surface area contributed by atoms with Crippen LogP contribution < -0.4 is 11.1 Å². The number of hydrogen-bond donors (Lipinski definition) is 2. The molecule has 0 bridgehead atoms. The van der Waals surface area contributed by atoms with Gasteiger partial charge >= 0.3 is 0 Å². The highest BCUT2D eigenvalue weighted by atomic mass is 15.1. The van der Waals surface area contributed by atoms with Crippen LogP contribution in [0.25, 0.3) is 0 Å². The summed E-state index contributed by atoms with van der Waals surface area (Å²) in [4.78, 5) is 8.26. The van der Waals surface area contributed by atoms with Crippen LogP contribution in [0.4, 0.5) is 17.3 Å². The van der Waals surface area contributed by atoms with Crippen molar-refractivity contribution in [2.45, 2.75) is 26.7 Å². The third kappa shape index (κ3) is 2.42. The van der Waals surface area contributed by atoms with Crippen LogP contribution in [0.15, 0.2) is 30.6 Å². The van der Waals surface area contributed by atoms with Crippen molar-refractivity contribution in [3.63, 3.8) is 0 Å². The highest BCUT2D eigenvalue weighted by Gasteiger charge is 2.08. The lowest BCUT2D eigenvalue weighted by Crippen LogP contribution is -2.05. The fourth-order valence-corrected chi connectivity index (χ4v) is 1.97. The van der Waals surface area contributed by atoms with Crippen LogP contribution in [-0.2, 0) is 12.8 Å². The molecule has 2 aromatic rings. The van der Waals surface area contributed by atoms with Crippen molar-refractivity contribution in [2.75, 3.05) is 11.1 Å². The van der Waals surface area contributed by atoms with E-state index in [0.29, 0.717) is 11.6 Å². The molecular weight excluding hydrogens is 224 g/mol. The molecule has 4 nitrogen and oxygen atoms in total. The number of nitrogen functional groups attached to an aromatic ring is 1. The second-order valence-corrected chi connectivity index (χ2v) is 4.07. The number of nitrogens with zero attached hydrogens (tertiary/aromatic N) is 2. The fraction of sp³-hybridized carbons (Fsp3) is 0.286. The lowest BCUT2D eigenvalue weighted by molar-refractivity contribution is 1.08. The van der Waals surface area contributed by atoms with E-state index in [-0.39, 0.29) is 0 Å². The molecule has 0 aliphatic carbocycles. The first-order chi connectivity index (χ1) is 8.76. The van der Waals surface area contributed by atoms with Gasteiger partial charge in [-0.3, -0.25) is 0 Å². The quantitative estimate of drug-likeness (QED) is 0.865. The molecule has 1 heterocycles. The number of rotatable bonds is 4. The number of hydrogen-bond acceptors (Lipinski definition) is 4. The van der Waals surface area contributed by atoms with Crippen LogP contribution in [0.3, 0.4) is 0 Å². The maximum Gasteiger partial charge on any atom is 0.173 e. The maximum absolute atomic E-state index is 5.82. The molecule has 0 spiro atoms. The van der Waals surface area contributed by atoms with Crippen molar-refractivity contribution in [3.05, 3.63) is 41.7 Å². The Morgan fingerprint density at radius 2 is 1.67 bits per heavy atom. The molecule has 0 fully saturated rings. The molecule has 0 aliphatic heterocycles. The zero-order chi connectivity index (χ0) is 13.0. The van der Waals surface area contributed by atoms with E-state index in [0.717, 1.165) is 18.5 Å². The van der Waals surface area contributed by atoms with Gasteiger partial charge in [-0.1, -0.05) is 32.0 Å². The summed E-state index contributed by atoms with van der Waals surface area (Å²) in [6, 6.07) is 6.32. The molecule has 0 saturated carbocycles. The molecular formula is C14H18N4. The number of para-hydroxylation sites is 1. The SMILES string of the molecule is CCc1cccc(CC)c1Nc1nccnc1N. The summed E-state index contributed by atoms with van der Waals surface area (Å²) in [5.41, 5.74) is 9.45. The summed E-state index contributed by atoms with van der Waals surface area (Å²) in [6.07, 6.45) is 5.17. The van der Waals surface area contributed by atoms with E-state index in [1.165, 1.54) is 11.1 Å². The number of anilines is 3. The summed E-state index contributed by atoms with van der Waals surface area (Å²) >= 11 is 0. The molecule has 0 amide bonds. The monoisotopic (exact) mass is 242 g/mol. The van der Waals surface area contributed by atoms with Gasteiger partial charge in [0, 0.05) is 18.1 Å². The lowest BCUT2D eigenvalue weighted by Gasteiger charge is -2.15. The van der Waals surface area contributed by atoms with Crippen molar-refractivity contribution in [2.24, 2.45) is 0 Å². The summed E-state index contributed by atoms with van der Waals surface area (Å²) in [5, 5.41) is 3.31. The van der Waals surface area contributed by atoms with Gasteiger partial charge in [0.05, 0.1) is 0 Å². The van der Waals surface area contributed by atoms with E-state index in [1.807, 2.05) is 0 Å². The second-order valence-electron chi connectivity index (χ2n) is 4.07. The zero-order valence-corrected chi connectivity index (χ0v) is 10.8. The van der Waals surface area contributed by atoms with E-state index in [4.69, 9.17) is 5.73 Å². The van der Waals surface area contributed by atoms with Crippen molar-refractivity contribution in [1.29, 1.82) is 0 Å². The van der Waals surface area contributed by atoms with Crippen LogP contribution in [0.5, 0.6) is 0 Å². The first kappa shape index (κ1) is 12.4. The standard InChI is InChI=1S/C14H18N4/c1-3-10-6-5-7-11(4-2)12(10)18-14-13(15)16-8-9-17-14/h5-9H,3-4H2,1-2H3,(H2,15,16)(H,17,18). The summed E-state index contributed by atoms with van der Waals surface area (Å²) in [6.45, 7) is 4.28. The predicted molar refractivity (Wildman–Crippen MR) is 74.9 cm³/mol. The molecule has 3 N–H and O–H groups in total. The second kappa shape index (κ2) is 5.49. The molecule has 1 aromatic carbocycles. The Balaban J connectivity index is 2.42. The highest BCUT2D eigenvalue weighted by molar-refractivity contribution is 5.70. The Morgan fingerprint density at radius 1 is 1.06 bits per heavy atom. The molecule has 0 saturated heterocycles. The van der Waals surface area contributed by atoms with E-state index < -0.39 is 0 Å². The maximum atomic E-state index is 5.82. The van der Waals surface area contributed by atoms with E-state index in [2.05, 4.69) is 47.3 Å². The average Bonchev–Trinajstić information content (AvgIpc) is 2.41. The number of nitrogens with one attached hydrogen (secondary N) is 1. The van der Waals surface area contributed by atoms with Crippen molar-refractivity contribution in [1.82, 2.24) is 9.97 Å². The number of aromatic nitrogens is 2. The van der Waals surface area contributed by atoms with E-state index in [1.54, 1.807) is 12.4 Å². The molecule has 0 radical (unpaired) electrons. The van der Waals surface area contributed by atoms with Crippen molar-refractivity contribution >= 4 is 17.3 Å². The minimum Gasteiger partial charge on any atom is -0.381 e. The van der Waals surface area contributed by atoms with Crippen molar-refractivity contribution in [3.8, 4) is 0 Å². The van der Waals surface area contributed by atoms with Crippen LogP contribution >= 0.6 is 0 Å². The Morgan fingerprint density at radius 3 is 2.22 bits per heavy atom. The number of benzene rings is 1. The van der Waals surface area contributed by atoms with Gasteiger partial charge in [0.2, 0.25) is 0 Å². The normalized spacial score (nSPS) is 10.3. The Hall–Kier alpha value is -2.10. The molecule has 1 aromatic heterocycles. The van der Waals surface area contributed by atoms with Gasteiger partial charge in [-0.05, 0) is 24.0 Å². The van der Waals surface area contributed by atoms with E-state index in [9.17, 15) is 0 Å². The smallest absolute Gasteiger partial charge is 0.173 e. The van der Waals surface area contributed by atoms with Gasteiger partial charge in [-0.2, -0.15) is 0 Å². The van der Waals surface area contributed by atoms with Crippen LogP contribution in [0.2, 0.25) is 0 Å². The largest absolute Gasteiger partial charge is 0.381 e. The van der Waals surface area contributed by atoms with Gasteiger partial charge in [-0.15, -0.1) is 0 Å². The van der Waals surface area contributed by atoms with Gasteiger partial charge in [0.25, 0.3) is 0 Å². The van der Waals surface area contributed by atoms with Gasteiger partial charge in [0.1, 0.15) is 0 Å².